The third-order valence-corrected chi connectivity index (χ3v) is 6.55. The van der Waals surface area contributed by atoms with Crippen LogP contribution >= 0.6 is 11.3 Å². The number of hydrogen-bond donors (Lipinski definition) is 2. The van der Waals surface area contributed by atoms with Gasteiger partial charge in [0.25, 0.3) is 0 Å². The SMILES string of the molecule is CC1Cc2sc(-c3ccc4c(=O)c(C(=O)O)cn(C5CC5)c4n3)cc2CN1. The molecule has 138 valence electrons. The number of aromatic nitrogens is 2. The lowest BCUT2D eigenvalue weighted by atomic mass is 10.1. The number of nitrogens with one attached hydrogen (secondary N) is 1. The van der Waals surface area contributed by atoms with Crippen LogP contribution in [0.4, 0.5) is 0 Å². The van der Waals surface area contributed by atoms with Gasteiger partial charge in [-0.15, -0.1) is 11.3 Å². The molecule has 0 saturated heterocycles. The van der Waals surface area contributed by atoms with Gasteiger partial charge in [0.05, 0.1) is 16.0 Å². The Labute approximate surface area is 159 Å². The molecule has 27 heavy (non-hydrogen) atoms. The van der Waals surface area contributed by atoms with Gasteiger partial charge in [0.15, 0.2) is 0 Å². The van der Waals surface area contributed by atoms with Gasteiger partial charge in [-0.05, 0) is 49.9 Å². The Morgan fingerprint density at radius 1 is 1.37 bits per heavy atom. The fourth-order valence-corrected chi connectivity index (χ4v) is 4.98. The zero-order chi connectivity index (χ0) is 18.7. The molecule has 7 heteroatoms. The van der Waals surface area contributed by atoms with Crippen LogP contribution in [0.3, 0.4) is 0 Å². The second-order valence-electron chi connectivity index (χ2n) is 7.43. The van der Waals surface area contributed by atoms with E-state index in [0.717, 1.165) is 36.4 Å². The van der Waals surface area contributed by atoms with Crippen molar-refractivity contribution in [3.05, 3.63) is 50.6 Å². The van der Waals surface area contributed by atoms with Gasteiger partial charge < -0.3 is 15.0 Å². The number of carbonyl (C=O) groups is 1. The van der Waals surface area contributed by atoms with Crippen molar-refractivity contribution >= 4 is 28.3 Å². The van der Waals surface area contributed by atoms with E-state index in [1.54, 1.807) is 17.4 Å². The number of pyridine rings is 2. The molecule has 1 fully saturated rings. The highest BCUT2D eigenvalue weighted by atomic mass is 32.1. The third-order valence-electron chi connectivity index (χ3n) is 5.33. The number of carboxylic acids is 1. The second-order valence-corrected chi connectivity index (χ2v) is 8.57. The van der Waals surface area contributed by atoms with E-state index in [4.69, 9.17) is 4.98 Å². The summed E-state index contributed by atoms with van der Waals surface area (Å²) in [6, 6.07) is 6.45. The molecule has 2 aliphatic rings. The zero-order valence-electron chi connectivity index (χ0n) is 14.9. The topological polar surface area (TPSA) is 84.2 Å². The molecule has 0 radical (unpaired) electrons. The number of nitrogens with zero attached hydrogens (tertiary/aromatic N) is 2. The number of thiophene rings is 1. The molecule has 1 unspecified atom stereocenters. The van der Waals surface area contributed by atoms with Crippen molar-refractivity contribution in [1.82, 2.24) is 14.9 Å². The summed E-state index contributed by atoms with van der Waals surface area (Å²) in [6.45, 7) is 3.06. The summed E-state index contributed by atoms with van der Waals surface area (Å²) in [5.74, 6) is -1.19. The Bertz CT molecular complexity index is 1140. The van der Waals surface area contributed by atoms with Crippen LogP contribution in [0.1, 0.15) is 46.6 Å². The molecule has 6 nitrogen and oxygen atoms in total. The van der Waals surface area contributed by atoms with Crippen LogP contribution in [0, 0.1) is 0 Å². The summed E-state index contributed by atoms with van der Waals surface area (Å²) in [5.41, 5.74) is 2.10. The van der Waals surface area contributed by atoms with Crippen molar-refractivity contribution in [2.45, 2.75) is 44.8 Å². The molecule has 1 saturated carbocycles. The number of fused-ring (bicyclic) bond motifs is 2. The van der Waals surface area contributed by atoms with E-state index >= 15 is 0 Å². The lowest BCUT2D eigenvalue weighted by Crippen LogP contribution is -2.31. The maximum atomic E-state index is 12.6. The predicted octanol–water partition coefficient (Wildman–Crippen LogP) is 3.19. The van der Waals surface area contributed by atoms with Crippen molar-refractivity contribution < 1.29 is 9.90 Å². The Kier molecular flexibility index (Phi) is 3.70. The van der Waals surface area contributed by atoms with Crippen molar-refractivity contribution in [3.8, 4) is 10.6 Å². The normalized spacial score (nSPS) is 19.2. The van der Waals surface area contributed by atoms with Crippen LogP contribution in [-0.4, -0.2) is 26.7 Å². The minimum Gasteiger partial charge on any atom is -0.477 e. The molecule has 1 aliphatic carbocycles. The lowest BCUT2D eigenvalue weighted by molar-refractivity contribution is 0.0695. The summed E-state index contributed by atoms with van der Waals surface area (Å²) in [6.07, 6.45) is 4.45. The van der Waals surface area contributed by atoms with Crippen LogP contribution in [0.25, 0.3) is 21.6 Å². The zero-order valence-corrected chi connectivity index (χ0v) is 15.7. The first-order valence-corrected chi connectivity index (χ1v) is 9.97. The molecule has 4 heterocycles. The predicted molar refractivity (Wildman–Crippen MR) is 105 cm³/mol. The molecule has 5 rings (SSSR count). The van der Waals surface area contributed by atoms with E-state index in [-0.39, 0.29) is 11.6 Å². The van der Waals surface area contributed by atoms with Gasteiger partial charge in [-0.2, -0.15) is 0 Å². The van der Waals surface area contributed by atoms with Crippen molar-refractivity contribution in [2.24, 2.45) is 0 Å². The van der Waals surface area contributed by atoms with E-state index in [0.29, 0.717) is 17.1 Å². The van der Waals surface area contributed by atoms with E-state index in [1.807, 2.05) is 10.6 Å². The Morgan fingerprint density at radius 2 is 2.19 bits per heavy atom. The molecule has 2 N–H and O–H groups in total. The van der Waals surface area contributed by atoms with Gasteiger partial charge in [-0.3, -0.25) is 4.79 Å². The number of carboxylic acid groups (broad SMARTS) is 1. The van der Waals surface area contributed by atoms with Gasteiger partial charge in [-0.1, -0.05) is 0 Å². The maximum Gasteiger partial charge on any atom is 0.341 e. The maximum absolute atomic E-state index is 12.6. The first-order chi connectivity index (χ1) is 13.0. The minimum atomic E-state index is -1.19. The van der Waals surface area contributed by atoms with Crippen molar-refractivity contribution in [2.75, 3.05) is 0 Å². The van der Waals surface area contributed by atoms with Crippen molar-refractivity contribution in [3.63, 3.8) is 0 Å². The minimum absolute atomic E-state index is 0.185. The molecule has 1 atom stereocenters. The highest BCUT2D eigenvalue weighted by Crippen LogP contribution is 2.38. The van der Waals surface area contributed by atoms with E-state index in [1.165, 1.54) is 16.6 Å². The van der Waals surface area contributed by atoms with Crippen LogP contribution in [0.2, 0.25) is 0 Å². The van der Waals surface area contributed by atoms with Gasteiger partial charge in [0.1, 0.15) is 11.2 Å². The molecular weight excluding hydrogens is 362 g/mol. The van der Waals surface area contributed by atoms with E-state index in [2.05, 4.69) is 18.3 Å². The standard InChI is InChI=1S/C20H19N3O3S/c1-10-6-16-11(8-21-10)7-17(27-16)15-5-4-13-18(24)14(20(25)26)9-23(12-2-3-12)19(13)22-15/h4-5,7,9-10,12,21H,2-3,6,8H2,1H3,(H,25,26). The molecule has 3 aromatic heterocycles. The molecule has 0 spiro atoms. The van der Waals surface area contributed by atoms with Gasteiger partial charge in [0, 0.05) is 29.7 Å². The summed E-state index contributed by atoms with van der Waals surface area (Å²) < 4.78 is 1.88. The Balaban J connectivity index is 1.68. The quantitative estimate of drug-likeness (QED) is 0.728. The van der Waals surface area contributed by atoms with Crippen LogP contribution in [0.15, 0.2) is 29.2 Å². The largest absolute Gasteiger partial charge is 0.477 e. The average molecular weight is 381 g/mol. The number of rotatable bonds is 3. The van der Waals surface area contributed by atoms with E-state index < -0.39 is 11.4 Å². The van der Waals surface area contributed by atoms with Gasteiger partial charge >= 0.3 is 5.97 Å². The fourth-order valence-electron chi connectivity index (χ4n) is 3.70. The summed E-state index contributed by atoms with van der Waals surface area (Å²) in [5, 5.41) is 13.2. The first-order valence-electron chi connectivity index (χ1n) is 9.16. The molecule has 0 amide bonds. The molecule has 1 aliphatic heterocycles. The third kappa shape index (κ3) is 2.78. The van der Waals surface area contributed by atoms with Gasteiger partial charge in [-0.25, -0.2) is 9.78 Å². The monoisotopic (exact) mass is 381 g/mol. The highest BCUT2D eigenvalue weighted by Gasteiger charge is 2.28. The second kappa shape index (κ2) is 6.00. The van der Waals surface area contributed by atoms with E-state index in [9.17, 15) is 14.7 Å². The molecule has 3 aromatic rings. The fraction of sp³-hybridized carbons (Fsp3) is 0.350. The van der Waals surface area contributed by atoms with Crippen molar-refractivity contribution in [1.29, 1.82) is 0 Å². The Hall–Kier alpha value is -2.51. The highest BCUT2D eigenvalue weighted by molar-refractivity contribution is 7.15. The number of aromatic carboxylic acids is 1. The Morgan fingerprint density at radius 3 is 2.93 bits per heavy atom. The van der Waals surface area contributed by atoms with Gasteiger partial charge in [0.2, 0.25) is 5.43 Å². The smallest absolute Gasteiger partial charge is 0.341 e. The molecule has 0 aromatic carbocycles. The van der Waals surface area contributed by atoms with Crippen LogP contribution < -0.4 is 10.7 Å². The first kappa shape index (κ1) is 16.6. The average Bonchev–Trinajstić information content (AvgIpc) is 3.40. The summed E-state index contributed by atoms with van der Waals surface area (Å²) >= 11 is 1.76. The van der Waals surface area contributed by atoms with Crippen LogP contribution in [0.5, 0.6) is 0 Å². The summed E-state index contributed by atoms with van der Waals surface area (Å²) in [4.78, 5) is 31.3. The molecular formula is C20H19N3O3S. The number of hydrogen-bond acceptors (Lipinski definition) is 5. The summed E-state index contributed by atoms with van der Waals surface area (Å²) in [7, 11) is 0. The lowest BCUT2D eigenvalue weighted by Gasteiger charge is -2.19. The molecule has 0 bridgehead atoms. The van der Waals surface area contributed by atoms with Crippen LogP contribution in [-0.2, 0) is 13.0 Å².